The van der Waals surface area contributed by atoms with E-state index in [1.54, 1.807) is 18.4 Å². The highest BCUT2D eigenvalue weighted by Crippen LogP contribution is 2.31. The summed E-state index contributed by atoms with van der Waals surface area (Å²) in [6, 6.07) is 10.2. The lowest BCUT2D eigenvalue weighted by Crippen LogP contribution is -2.12. The second kappa shape index (κ2) is 5.67. The Morgan fingerprint density at radius 2 is 2.24 bits per heavy atom. The van der Waals surface area contributed by atoms with Crippen LogP contribution in [-0.4, -0.2) is 7.11 Å². The van der Waals surface area contributed by atoms with E-state index in [0.717, 1.165) is 21.5 Å². The van der Waals surface area contributed by atoms with Crippen molar-refractivity contribution in [3.63, 3.8) is 0 Å². The quantitative estimate of drug-likeness (QED) is 0.933. The number of hydrogen-bond donors (Lipinski definition) is 1. The van der Waals surface area contributed by atoms with Crippen molar-refractivity contribution in [1.29, 1.82) is 0 Å². The summed E-state index contributed by atoms with van der Waals surface area (Å²) in [7, 11) is 1.68. The van der Waals surface area contributed by atoms with Crippen LogP contribution < -0.4 is 10.5 Å². The molecule has 1 atom stereocenters. The molecule has 0 fully saturated rings. The molecule has 0 saturated carbocycles. The van der Waals surface area contributed by atoms with Crippen molar-refractivity contribution in [2.45, 2.75) is 12.5 Å². The van der Waals surface area contributed by atoms with Gasteiger partial charge in [-0.1, -0.05) is 28.1 Å². The average Bonchev–Trinajstić information content (AvgIpc) is 2.77. The first kappa shape index (κ1) is 12.6. The monoisotopic (exact) mass is 311 g/mol. The van der Waals surface area contributed by atoms with Gasteiger partial charge in [0.1, 0.15) is 5.75 Å². The van der Waals surface area contributed by atoms with Crippen molar-refractivity contribution in [3.8, 4) is 5.75 Å². The topological polar surface area (TPSA) is 35.2 Å². The smallest absolute Gasteiger partial charge is 0.134 e. The molecule has 90 valence electrons. The highest BCUT2D eigenvalue weighted by atomic mass is 79.9. The molecule has 2 nitrogen and oxygen atoms in total. The molecule has 1 aromatic heterocycles. The molecule has 0 bridgehead atoms. The number of benzene rings is 1. The van der Waals surface area contributed by atoms with Gasteiger partial charge < -0.3 is 10.5 Å². The lowest BCUT2D eigenvalue weighted by atomic mass is 10.1. The predicted octanol–water partition coefficient (Wildman–Crippen LogP) is 3.76. The van der Waals surface area contributed by atoms with Gasteiger partial charge in [0.05, 0.1) is 12.0 Å². The van der Waals surface area contributed by atoms with Gasteiger partial charge in [-0.05, 0) is 35.6 Å². The van der Waals surface area contributed by atoms with Gasteiger partial charge in [-0.2, -0.15) is 0 Å². The van der Waals surface area contributed by atoms with E-state index in [2.05, 4.69) is 28.1 Å². The zero-order valence-corrected chi connectivity index (χ0v) is 11.9. The molecular formula is C13H14BrNOS. The van der Waals surface area contributed by atoms with E-state index in [-0.39, 0.29) is 6.04 Å². The summed E-state index contributed by atoms with van der Waals surface area (Å²) in [5.41, 5.74) is 7.44. The molecule has 0 spiro atoms. The van der Waals surface area contributed by atoms with Gasteiger partial charge >= 0.3 is 0 Å². The van der Waals surface area contributed by atoms with Crippen LogP contribution in [-0.2, 0) is 6.42 Å². The van der Waals surface area contributed by atoms with E-state index >= 15 is 0 Å². The lowest BCUT2D eigenvalue weighted by Gasteiger charge is -2.12. The van der Waals surface area contributed by atoms with Crippen LogP contribution in [0, 0.1) is 0 Å². The Kier molecular flexibility index (Phi) is 4.20. The summed E-state index contributed by atoms with van der Waals surface area (Å²) in [6.45, 7) is 0. The zero-order chi connectivity index (χ0) is 12.3. The van der Waals surface area contributed by atoms with E-state index in [4.69, 9.17) is 10.5 Å². The normalized spacial score (nSPS) is 12.4. The fraction of sp³-hybridized carbons (Fsp3) is 0.231. The molecule has 2 N–H and O–H groups in total. The Hall–Kier alpha value is -0.840. The summed E-state index contributed by atoms with van der Waals surface area (Å²) in [5.74, 6) is 0.887. The number of rotatable bonds is 4. The third kappa shape index (κ3) is 3.09. The van der Waals surface area contributed by atoms with E-state index in [1.807, 2.05) is 23.6 Å². The standard InChI is InChI=1S/C13H14BrNOS/c1-16-12-5-6-17-13(12)11(15)8-9-3-2-4-10(14)7-9/h2-7,11H,8,15H2,1H3. The maximum Gasteiger partial charge on any atom is 0.134 e. The van der Waals surface area contributed by atoms with Crippen molar-refractivity contribution in [1.82, 2.24) is 0 Å². The summed E-state index contributed by atoms with van der Waals surface area (Å²) < 4.78 is 6.37. The minimum absolute atomic E-state index is 0.0146. The number of methoxy groups -OCH3 is 1. The van der Waals surface area contributed by atoms with E-state index in [9.17, 15) is 0 Å². The molecule has 0 radical (unpaired) electrons. The Morgan fingerprint density at radius 3 is 2.94 bits per heavy atom. The molecule has 1 heterocycles. The van der Waals surface area contributed by atoms with Crippen LogP contribution in [0.5, 0.6) is 5.75 Å². The Labute approximate surface area is 114 Å². The molecule has 17 heavy (non-hydrogen) atoms. The number of ether oxygens (including phenoxy) is 1. The van der Waals surface area contributed by atoms with Gasteiger partial charge in [0.15, 0.2) is 0 Å². The highest BCUT2D eigenvalue weighted by Gasteiger charge is 2.14. The largest absolute Gasteiger partial charge is 0.496 e. The van der Waals surface area contributed by atoms with E-state index in [1.165, 1.54) is 5.56 Å². The van der Waals surface area contributed by atoms with Gasteiger partial charge in [0.2, 0.25) is 0 Å². The molecule has 0 aliphatic carbocycles. The third-order valence-electron chi connectivity index (χ3n) is 2.56. The van der Waals surface area contributed by atoms with Crippen molar-refractivity contribution in [3.05, 3.63) is 50.6 Å². The molecule has 0 aliphatic rings. The van der Waals surface area contributed by atoms with Gasteiger partial charge in [-0.3, -0.25) is 0 Å². The van der Waals surface area contributed by atoms with Crippen LogP contribution in [0.15, 0.2) is 40.2 Å². The summed E-state index contributed by atoms with van der Waals surface area (Å²) in [4.78, 5) is 1.10. The SMILES string of the molecule is COc1ccsc1C(N)Cc1cccc(Br)c1. The maximum atomic E-state index is 6.21. The minimum Gasteiger partial charge on any atom is -0.496 e. The van der Waals surface area contributed by atoms with Crippen molar-refractivity contribution < 1.29 is 4.74 Å². The van der Waals surface area contributed by atoms with Crippen molar-refractivity contribution >= 4 is 27.3 Å². The third-order valence-corrected chi connectivity index (χ3v) is 4.08. The molecular weight excluding hydrogens is 298 g/mol. The van der Waals surface area contributed by atoms with Crippen LogP contribution in [0.25, 0.3) is 0 Å². The Morgan fingerprint density at radius 1 is 1.41 bits per heavy atom. The molecule has 0 saturated heterocycles. The molecule has 2 rings (SSSR count). The first-order chi connectivity index (χ1) is 8.20. The van der Waals surface area contributed by atoms with E-state index < -0.39 is 0 Å². The van der Waals surface area contributed by atoms with Gasteiger partial charge in [0.25, 0.3) is 0 Å². The highest BCUT2D eigenvalue weighted by molar-refractivity contribution is 9.10. The predicted molar refractivity (Wildman–Crippen MR) is 75.6 cm³/mol. The van der Waals surface area contributed by atoms with Gasteiger partial charge in [0, 0.05) is 10.5 Å². The first-order valence-corrected chi connectivity index (χ1v) is 6.99. The molecule has 2 aromatic rings. The van der Waals surface area contributed by atoms with Crippen LogP contribution in [0.4, 0.5) is 0 Å². The van der Waals surface area contributed by atoms with Crippen LogP contribution in [0.1, 0.15) is 16.5 Å². The van der Waals surface area contributed by atoms with Crippen molar-refractivity contribution in [2.75, 3.05) is 7.11 Å². The molecule has 4 heteroatoms. The fourth-order valence-electron chi connectivity index (χ4n) is 1.76. The zero-order valence-electron chi connectivity index (χ0n) is 9.52. The summed E-state index contributed by atoms with van der Waals surface area (Å²) >= 11 is 5.11. The van der Waals surface area contributed by atoms with Crippen LogP contribution >= 0.6 is 27.3 Å². The average molecular weight is 312 g/mol. The number of thiophene rings is 1. The summed E-state index contributed by atoms with van der Waals surface area (Å²) in [6.07, 6.45) is 0.816. The second-order valence-corrected chi connectivity index (χ2v) is 5.66. The lowest BCUT2D eigenvalue weighted by molar-refractivity contribution is 0.409. The van der Waals surface area contributed by atoms with Gasteiger partial charge in [-0.15, -0.1) is 11.3 Å². The second-order valence-electron chi connectivity index (χ2n) is 3.79. The molecule has 1 aromatic carbocycles. The minimum atomic E-state index is -0.0146. The number of hydrogen-bond acceptors (Lipinski definition) is 3. The number of nitrogens with two attached hydrogens (primary N) is 1. The first-order valence-electron chi connectivity index (χ1n) is 5.32. The Balaban J connectivity index is 2.14. The number of halogens is 1. The summed E-state index contributed by atoms with van der Waals surface area (Å²) in [5, 5.41) is 2.01. The van der Waals surface area contributed by atoms with Crippen LogP contribution in [0.2, 0.25) is 0 Å². The Bertz CT molecular complexity index is 498. The molecule has 0 aliphatic heterocycles. The molecule has 1 unspecified atom stereocenters. The fourth-order valence-corrected chi connectivity index (χ4v) is 3.07. The van der Waals surface area contributed by atoms with Crippen molar-refractivity contribution in [2.24, 2.45) is 5.73 Å². The molecule has 0 amide bonds. The van der Waals surface area contributed by atoms with Gasteiger partial charge in [-0.25, -0.2) is 0 Å². The maximum absolute atomic E-state index is 6.21. The van der Waals surface area contributed by atoms with Crippen LogP contribution in [0.3, 0.4) is 0 Å². The van der Waals surface area contributed by atoms with E-state index in [0.29, 0.717) is 0 Å².